The van der Waals surface area contributed by atoms with Gasteiger partial charge in [0.1, 0.15) is 18.1 Å². The van der Waals surface area contributed by atoms with E-state index in [1.807, 2.05) is 48.5 Å². The van der Waals surface area contributed by atoms with Gasteiger partial charge in [-0.2, -0.15) is 12.6 Å². The summed E-state index contributed by atoms with van der Waals surface area (Å²) in [5, 5.41) is 28.1. The smallest absolute Gasteiger partial charge is 0.326 e. The van der Waals surface area contributed by atoms with Crippen molar-refractivity contribution in [3.63, 3.8) is 0 Å². The Morgan fingerprint density at radius 1 is 0.727 bits per heavy atom. The van der Waals surface area contributed by atoms with Gasteiger partial charge in [0.05, 0.1) is 6.04 Å². The molecule has 4 atom stereocenters. The number of carbonyl (C=O) groups excluding carboxylic acids is 3. The van der Waals surface area contributed by atoms with E-state index < -0.39 is 60.2 Å². The fraction of sp³-hybridized carbons (Fsp3) is 0.300. The van der Waals surface area contributed by atoms with Crippen molar-refractivity contribution in [2.75, 3.05) is 5.75 Å². The van der Waals surface area contributed by atoms with Gasteiger partial charge in [0.15, 0.2) is 0 Å². The number of benzene rings is 2. The molecule has 0 fully saturated rings. The van der Waals surface area contributed by atoms with Gasteiger partial charge < -0.3 is 41.9 Å². The van der Waals surface area contributed by atoms with Crippen molar-refractivity contribution >= 4 is 64.1 Å². The third kappa shape index (κ3) is 7.96. The Hall–Kier alpha value is -4.82. The van der Waals surface area contributed by atoms with Crippen LogP contribution < -0.4 is 21.7 Å². The number of carboxylic acids is 2. The number of rotatable bonds is 15. The summed E-state index contributed by atoms with van der Waals surface area (Å²) in [5.74, 6) is -4.99. The molecule has 2 aromatic heterocycles. The summed E-state index contributed by atoms with van der Waals surface area (Å²) in [6.45, 7) is 0. The van der Waals surface area contributed by atoms with Crippen LogP contribution in [0.4, 0.5) is 0 Å². The van der Waals surface area contributed by atoms with E-state index in [-0.39, 0.29) is 25.0 Å². The molecule has 0 aliphatic carbocycles. The lowest BCUT2D eigenvalue weighted by Gasteiger charge is -2.24. The number of hydrogen-bond acceptors (Lipinski definition) is 7. The van der Waals surface area contributed by atoms with Crippen LogP contribution in [0.25, 0.3) is 21.8 Å². The number of H-pyrrole nitrogens is 2. The summed E-state index contributed by atoms with van der Waals surface area (Å²) in [4.78, 5) is 68.7. The molecule has 44 heavy (non-hydrogen) atoms. The van der Waals surface area contributed by atoms with Crippen molar-refractivity contribution in [2.24, 2.45) is 5.73 Å². The first-order valence-corrected chi connectivity index (χ1v) is 14.5. The molecule has 0 saturated carbocycles. The fourth-order valence-electron chi connectivity index (χ4n) is 4.90. The second-order valence-electron chi connectivity index (χ2n) is 10.4. The van der Waals surface area contributed by atoms with Crippen molar-refractivity contribution in [1.29, 1.82) is 0 Å². The SMILES string of the molecule is NC(Cc1c[nH]c2ccccc12)C(=O)NC(CCC(=O)O)C(=O)NC(CS)C(=O)NC(Cc1c[nH]c2ccccc12)C(=O)O. The third-order valence-electron chi connectivity index (χ3n) is 7.26. The number of aromatic amines is 2. The largest absolute Gasteiger partial charge is 0.481 e. The molecule has 9 N–H and O–H groups in total. The zero-order valence-corrected chi connectivity index (χ0v) is 24.5. The molecule has 2 heterocycles. The molecule has 13 nitrogen and oxygen atoms in total. The maximum Gasteiger partial charge on any atom is 0.326 e. The third-order valence-corrected chi connectivity index (χ3v) is 7.63. The van der Waals surface area contributed by atoms with E-state index in [0.29, 0.717) is 5.56 Å². The van der Waals surface area contributed by atoms with E-state index >= 15 is 0 Å². The summed E-state index contributed by atoms with van der Waals surface area (Å²) in [7, 11) is 0. The quantitative estimate of drug-likeness (QED) is 0.0872. The van der Waals surface area contributed by atoms with E-state index in [4.69, 9.17) is 5.73 Å². The van der Waals surface area contributed by atoms with Crippen LogP contribution in [0.1, 0.15) is 24.0 Å². The highest BCUT2D eigenvalue weighted by atomic mass is 32.1. The van der Waals surface area contributed by atoms with Crippen LogP contribution in [0.3, 0.4) is 0 Å². The van der Waals surface area contributed by atoms with Gasteiger partial charge in [-0.25, -0.2) is 4.79 Å². The van der Waals surface area contributed by atoms with Crippen LogP contribution >= 0.6 is 12.6 Å². The molecule has 0 saturated heterocycles. The lowest BCUT2D eigenvalue weighted by molar-refractivity contribution is -0.142. The molecule has 0 radical (unpaired) electrons. The number of aliphatic carboxylic acids is 2. The van der Waals surface area contributed by atoms with Gasteiger partial charge in [0, 0.05) is 52.8 Å². The lowest BCUT2D eigenvalue weighted by Crippen LogP contribution is -2.58. The Balaban J connectivity index is 1.40. The van der Waals surface area contributed by atoms with E-state index in [0.717, 1.165) is 27.4 Å². The minimum Gasteiger partial charge on any atom is -0.481 e. The average Bonchev–Trinajstić information content (AvgIpc) is 3.61. The van der Waals surface area contributed by atoms with Crippen LogP contribution in [0.5, 0.6) is 0 Å². The van der Waals surface area contributed by atoms with E-state index in [1.165, 1.54) is 0 Å². The molecule has 4 rings (SSSR count). The molecule has 0 aliphatic rings. The predicted octanol–water partition coefficient (Wildman–Crippen LogP) is 1.10. The Morgan fingerprint density at radius 3 is 1.77 bits per heavy atom. The van der Waals surface area contributed by atoms with Crippen molar-refractivity contribution in [3.05, 3.63) is 72.1 Å². The number of carboxylic acid groups (broad SMARTS) is 2. The highest BCUT2D eigenvalue weighted by molar-refractivity contribution is 7.80. The Labute approximate surface area is 257 Å². The number of thiol groups is 1. The standard InChI is InChI=1S/C30H34N6O7S/c31-20(11-16-13-32-21-7-3-1-5-18(16)21)27(39)34-23(9-10-26(37)38)28(40)36-25(15-44)29(41)35-24(30(42)43)12-17-14-33-22-8-4-2-6-19(17)22/h1-8,13-14,20,23-25,32-33,44H,9-12,15,31H2,(H,34,39)(H,35,41)(H,36,40)(H,37,38)(H,42,43). The highest BCUT2D eigenvalue weighted by Gasteiger charge is 2.30. The van der Waals surface area contributed by atoms with E-state index in [1.54, 1.807) is 12.4 Å². The molecule has 0 bridgehead atoms. The van der Waals surface area contributed by atoms with Gasteiger partial charge in [0.25, 0.3) is 0 Å². The minimum atomic E-state index is -1.33. The molecule has 2 aromatic carbocycles. The Bertz CT molecular complexity index is 1670. The number of para-hydroxylation sites is 2. The van der Waals surface area contributed by atoms with Gasteiger partial charge in [-0.15, -0.1) is 0 Å². The maximum absolute atomic E-state index is 13.2. The number of fused-ring (bicyclic) bond motifs is 2. The first-order chi connectivity index (χ1) is 21.1. The van der Waals surface area contributed by atoms with Crippen molar-refractivity contribution in [1.82, 2.24) is 25.9 Å². The zero-order chi connectivity index (χ0) is 31.8. The number of amides is 3. The van der Waals surface area contributed by atoms with Crippen molar-refractivity contribution < 1.29 is 34.2 Å². The molecule has 14 heteroatoms. The Morgan fingerprint density at radius 2 is 1.23 bits per heavy atom. The second-order valence-corrected chi connectivity index (χ2v) is 10.7. The number of nitrogens with two attached hydrogens (primary N) is 1. The van der Waals surface area contributed by atoms with Gasteiger partial charge >= 0.3 is 11.9 Å². The zero-order valence-electron chi connectivity index (χ0n) is 23.6. The van der Waals surface area contributed by atoms with Crippen molar-refractivity contribution in [2.45, 2.75) is 49.9 Å². The summed E-state index contributed by atoms with van der Waals surface area (Å²) >= 11 is 4.14. The molecule has 3 amide bonds. The number of hydrogen-bond donors (Lipinski definition) is 9. The summed E-state index contributed by atoms with van der Waals surface area (Å²) in [6.07, 6.45) is 2.82. The molecular weight excluding hydrogens is 588 g/mol. The minimum absolute atomic E-state index is 0.0239. The fourth-order valence-corrected chi connectivity index (χ4v) is 5.16. The highest BCUT2D eigenvalue weighted by Crippen LogP contribution is 2.20. The molecule has 232 valence electrons. The topological polar surface area (TPSA) is 219 Å². The van der Waals surface area contributed by atoms with Crippen LogP contribution in [-0.2, 0) is 36.8 Å². The normalized spacial score (nSPS) is 14.0. The van der Waals surface area contributed by atoms with E-state index in [9.17, 15) is 34.2 Å². The van der Waals surface area contributed by atoms with Gasteiger partial charge in [0.2, 0.25) is 17.7 Å². The van der Waals surface area contributed by atoms with Crippen LogP contribution in [-0.4, -0.2) is 79.8 Å². The van der Waals surface area contributed by atoms with Crippen LogP contribution in [0.2, 0.25) is 0 Å². The van der Waals surface area contributed by atoms with Crippen LogP contribution in [0, 0.1) is 0 Å². The number of nitrogens with one attached hydrogen (secondary N) is 5. The first kappa shape index (κ1) is 32.1. The molecular formula is C30H34N6O7S. The Kier molecular flexibility index (Phi) is 10.6. The van der Waals surface area contributed by atoms with Crippen molar-refractivity contribution in [3.8, 4) is 0 Å². The molecule has 4 aromatic rings. The summed E-state index contributed by atoms with van der Waals surface area (Å²) in [6, 6.07) is 9.83. The summed E-state index contributed by atoms with van der Waals surface area (Å²) < 4.78 is 0. The molecule has 0 spiro atoms. The average molecular weight is 623 g/mol. The maximum atomic E-state index is 13.2. The first-order valence-electron chi connectivity index (χ1n) is 13.9. The summed E-state index contributed by atoms with van der Waals surface area (Å²) in [5.41, 5.74) is 9.30. The second kappa shape index (κ2) is 14.6. The number of aromatic nitrogens is 2. The monoisotopic (exact) mass is 622 g/mol. The van der Waals surface area contributed by atoms with Gasteiger partial charge in [-0.1, -0.05) is 36.4 Å². The lowest BCUT2D eigenvalue weighted by atomic mass is 10.0. The predicted molar refractivity (Wildman–Crippen MR) is 166 cm³/mol. The van der Waals surface area contributed by atoms with Gasteiger partial charge in [-0.05, 0) is 36.1 Å². The molecule has 0 aliphatic heterocycles. The van der Waals surface area contributed by atoms with E-state index in [2.05, 4.69) is 38.5 Å². The van der Waals surface area contributed by atoms with Crippen LogP contribution in [0.15, 0.2) is 60.9 Å². The number of carbonyl (C=O) groups is 5. The molecule has 4 unspecified atom stereocenters. The van der Waals surface area contributed by atoms with Gasteiger partial charge in [-0.3, -0.25) is 19.2 Å².